The molecule has 0 aliphatic carbocycles. The number of hydrogen-bond acceptors (Lipinski definition) is 3. The van der Waals surface area contributed by atoms with Crippen LogP contribution in [0.5, 0.6) is 5.75 Å². The van der Waals surface area contributed by atoms with Gasteiger partial charge in [-0.25, -0.2) is 0 Å². The zero-order valence-electron chi connectivity index (χ0n) is 10.4. The SMILES string of the molecule is CC(NC(C)c1ccc(Cl)s1)c1cccc(O)c1. The molecule has 1 aromatic heterocycles. The minimum Gasteiger partial charge on any atom is -0.508 e. The van der Waals surface area contributed by atoms with Crippen molar-refractivity contribution in [3.63, 3.8) is 0 Å². The van der Waals surface area contributed by atoms with Gasteiger partial charge in [0, 0.05) is 17.0 Å². The molecule has 0 radical (unpaired) electrons. The third-order valence-electron chi connectivity index (χ3n) is 2.89. The molecule has 2 aromatic rings. The number of hydrogen-bond donors (Lipinski definition) is 2. The fourth-order valence-electron chi connectivity index (χ4n) is 1.91. The second-order valence-corrected chi connectivity index (χ2v) is 6.09. The normalized spacial score (nSPS) is 14.4. The van der Waals surface area contributed by atoms with Crippen molar-refractivity contribution >= 4 is 22.9 Å². The van der Waals surface area contributed by atoms with Gasteiger partial charge in [0.05, 0.1) is 4.34 Å². The van der Waals surface area contributed by atoms with Crippen LogP contribution in [0.3, 0.4) is 0 Å². The maximum atomic E-state index is 9.47. The minimum absolute atomic E-state index is 0.174. The Morgan fingerprint density at radius 3 is 2.56 bits per heavy atom. The van der Waals surface area contributed by atoms with Crippen LogP contribution in [-0.2, 0) is 0 Å². The number of benzene rings is 1. The predicted octanol–water partition coefficient (Wildman–Crippen LogP) is 4.52. The highest BCUT2D eigenvalue weighted by Gasteiger charge is 2.13. The molecule has 0 fully saturated rings. The van der Waals surface area contributed by atoms with E-state index in [9.17, 15) is 5.11 Å². The molecule has 2 rings (SSSR count). The van der Waals surface area contributed by atoms with Crippen LogP contribution in [0.2, 0.25) is 4.34 Å². The van der Waals surface area contributed by atoms with Gasteiger partial charge in [-0.2, -0.15) is 0 Å². The van der Waals surface area contributed by atoms with Gasteiger partial charge in [0.25, 0.3) is 0 Å². The quantitative estimate of drug-likeness (QED) is 0.864. The highest BCUT2D eigenvalue weighted by molar-refractivity contribution is 7.16. The van der Waals surface area contributed by atoms with Gasteiger partial charge in [-0.1, -0.05) is 23.7 Å². The van der Waals surface area contributed by atoms with E-state index in [1.165, 1.54) is 4.88 Å². The Hall–Kier alpha value is -1.03. The first-order valence-corrected chi connectivity index (χ1v) is 7.06. The Kier molecular flexibility index (Phi) is 4.27. The molecule has 2 nitrogen and oxygen atoms in total. The van der Waals surface area contributed by atoms with Crippen LogP contribution >= 0.6 is 22.9 Å². The van der Waals surface area contributed by atoms with Gasteiger partial charge in [-0.05, 0) is 43.7 Å². The van der Waals surface area contributed by atoms with E-state index >= 15 is 0 Å². The van der Waals surface area contributed by atoms with Crippen LogP contribution in [0.4, 0.5) is 0 Å². The Morgan fingerprint density at radius 2 is 1.94 bits per heavy atom. The molecule has 0 aliphatic heterocycles. The van der Waals surface area contributed by atoms with Crippen LogP contribution in [0, 0.1) is 0 Å². The van der Waals surface area contributed by atoms with Gasteiger partial charge in [0.1, 0.15) is 5.75 Å². The molecule has 4 heteroatoms. The summed E-state index contributed by atoms with van der Waals surface area (Å²) < 4.78 is 0.809. The molecular weight excluding hydrogens is 266 g/mol. The van der Waals surface area contributed by atoms with Crippen molar-refractivity contribution in [1.82, 2.24) is 5.32 Å². The first-order valence-electron chi connectivity index (χ1n) is 5.86. The van der Waals surface area contributed by atoms with E-state index < -0.39 is 0 Å². The molecular formula is C14H16ClNOS. The molecule has 18 heavy (non-hydrogen) atoms. The lowest BCUT2D eigenvalue weighted by Crippen LogP contribution is -2.21. The average Bonchev–Trinajstić information content (AvgIpc) is 2.76. The predicted molar refractivity (Wildman–Crippen MR) is 77.4 cm³/mol. The summed E-state index contributed by atoms with van der Waals surface area (Å²) in [5.41, 5.74) is 1.07. The summed E-state index contributed by atoms with van der Waals surface area (Å²) in [6.07, 6.45) is 0. The molecule has 2 unspecified atom stereocenters. The van der Waals surface area contributed by atoms with E-state index in [0.717, 1.165) is 9.90 Å². The third-order valence-corrected chi connectivity index (χ3v) is 4.30. The molecule has 2 N–H and O–H groups in total. The lowest BCUT2D eigenvalue weighted by atomic mass is 10.1. The fourth-order valence-corrected chi connectivity index (χ4v) is 2.98. The van der Waals surface area contributed by atoms with Crippen molar-refractivity contribution in [2.75, 3.05) is 0 Å². The Morgan fingerprint density at radius 1 is 1.17 bits per heavy atom. The van der Waals surface area contributed by atoms with Crippen molar-refractivity contribution in [3.05, 3.63) is 51.2 Å². The first-order chi connectivity index (χ1) is 8.56. The summed E-state index contributed by atoms with van der Waals surface area (Å²) in [5.74, 6) is 0.299. The largest absolute Gasteiger partial charge is 0.508 e. The zero-order chi connectivity index (χ0) is 13.1. The summed E-state index contributed by atoms with van der Waals surface area (Å²) in [6.45, 7) is 4.20. The maximum Gasteiger partial charge on any atom is 0.115 e. The maximum absolute atomic E-state index is 9.47. The molecule has 0 amide bonds. The summed E-state index contributed by atoms with van der Waals surface area (Å²) in [5, 5.41) is 13.0. The first kappa shape index (κ1) is 13.4. The summed E-state index contributed by atoms with van der Waals surface area (Å²) >= 11 is 7.53. The number of rotatable bonds is 4. The van der Waals surface area contributed by atoms with Crippen molar-refractivity contribution in [3.8, 4) is 5.75 Å². The van der Waals surface area contributed by atoms with E-state index in [1.54, 1.807) is 23.5 Å². The molecule has 1 heterocycles. The molecule has 1 aromatic carbocycles. The average molecular weight is 282 g/mol. The second kappa shape index (κ2) is 5.74. The molecule has 2 atom stereocenters. The standard InChI is InChI=1S/C14H16ClNOS/c1-9(11-4-3-5-12(17)8-11)16-10(2)13-6-7-14(15)18-13/h3-10,16-17H,1-2H3. The van der Waals surface area contributed by atoms with Gasteiger partial charge in [0.2, 0.25) is 0 Å². The van der Waals surface area contributed by atoms with Crippen molar-refractivity contribution < 1.29 is 5.11 Å². The molecule has 0 spiro atoms. The summed E-state index contributed by atoms with van der Waals surface area (Å²) in [6, 6.07) is 11.7. The lowest BCUT2D eigenvalue weighted by Gasteiger charge is -2.19. The van der Waals surface area contributed by atoms with Gasteiger partial charge in [-0.15, -0.1) is 11.3 Å². The molecule has 0 bridgehead atoms. The van der Waals surface area contributed by atoms with E-state index in [1.807, 2.05) is 24.3 Å². The number of nitrogens with one attached hydrogen (secondary N) is 1. The van der Waals surface area contributed by atoms with Crippen LogP contribution < -0.4 is 5.32 Å². The van der Waals surface area contributed by atoms with Gasteiger partial charge < -0.3 is 10.4 Å². The molecule has 0 saturated heterocycles. The monoisotopic (exact) mass is 281 g/mol. The van der Waals surface area contributed by atoms with Gasteiger partial charge in [-0.3, -0.25) is 0 Å². The number of phenols is 1. The fraction of sp³-hybridized carbons (Fsp3) is 0.286. The van der Waals surface area contributed by atoms with Crippen LogP contribution in [0.25, 0.3) is 0 Å². The molecule has 96 valence electrons. The van der Waals surface area contributed by atoms with Gasteiger partial charge in [0.15, 0.2) is 0 Å². The van der Waals surface area contributed by atoms with Crippen LogP contribution in [0.1, 0.15) is 36.4 Å². The lowest BCUT2D eigenvalue weighted by molar-refractivity contribution is 0.467. The van der Waals surface area contributed by atoms with E-state index in [4.69, 9.17) is 11.6 Å². The van der Waals surface area contributed by atoms with Crippen LogP contribution in [0.15, 0.2) is 36.4 Å². The van der Waals surface area contributed by atoms with E-state index in [-0.39, 0.29) is 12.1 Å². The number of halogens is 1. The Balaban J connectivity index is 2.05. The number of aromatic hydroxyl groups is 1. The molecule has 0 aliphatic rings. The summed E-state index contributed by atoms with van der Waals surface area (Å²) in [7, 11) is 0. The summed E-state index contributed by atoms with van der Waals surface area (Å²) in [4.78, 5) is 1.21. The number of phenolic OH excluding ortho intramolecular Hbond substituents is 1. The Labute approximate surface area is 116 Å². The minimum atomic E-state index is 0.174. The second-order valence-electron chi connectivity index (χ2n) is 4.35. The smallest absolute Gasteiger partial charge is 0.115 e. The molecule has 0 saturated carbocycles. The topological polar surface area (TPSA) is 32.3 Å². The van der Waals surface area contributed by atoms with Gasteiger partial charge >= 0.3 is 0 Å². The van der Waals surface area contributed by atoms with E-state index in [0.29, 0.717) is 5.75 Å². The van der Waals surface area contributed by atoms with Crippen molar-refractivity contribution in [2.24, 2.45) is 0 Å². The third kappa shape index (κ3) is 3.25. The zero-order valence-corrected chi connectivity index (χ0v) is 11.9. The number of thiophene rings is 1. The highest BCUT2D eigenvalue weighted by atomic mass is 35.5. The van der Waals surface area contributed by atoms with E-state index in [2.05, 4.69) is 19.2 Å². The highest BCUT2D eigenvalue weighted by Crippen LogP contribution is 2.28. The van der Waals surface area contributed by atoms with Crippen molar-refractivity contribution in [2.45, 2.75) is 25.9 Å². The Bertz CT molecular complexity index is 526. The van der Waals surface area contributed by atoms with Crippen LogP contribution in [-0.4, -0.2) is 5.11 Å². The van der Waals surface area contributed by atoms with Crippen molar-refractivity contribution in [1.29, 1.82) is 0 Å².